The maximum Gasteiger partial charge on any atom is 0.0167 e. The van der Waals surface area contributed by atoms with Crippen molar-refractivity contribution in [3.05, 3.63) is 0 Å². The maximum absolute atomic E-state index is 6.09. The zero-order valence-electron chi connectivity index (χ0n) is 9.37. The Morgan fingerprint density at radius 3 is 3.00 bits per heavy atom. The van der Waals surface area contributed by atoms with E-state index in [1.807, 2.05) is 0 Å². The van der Waals surface area contributed by atoms with Gasteiger partial charge in [-0.1, -0.05) is 19.8 Å². The summed E-state index contributed by atoms with van der Waals surface area (Å²) >= 11 is 2.08. The summed E-state index contributed by atoms with van der Waals surface area (Å²) in [5.41, 5.74) is 6.09. The lowest BCUT2D eigenvalue weighted by Crippen LogP contribution is -2.38. The third kappa shape index (κ3) is 5.23. The van der Waals surface area contributed by atoms with E-state index in [1.54, 1.807) is 0 Å². The molecule has 1 saturated heterocycles. The van der Waals surface area contributed by atoms with Gasteiger partial charge in [0.15, 0.2) is 0 Å². The van der Waals surface area contributed by atoms with Gasteiger partial charge < -0.3 is 10.6 Å². The van der Waals surface area contributed by atoms with E-state index in [2.05, 4.69) is 23.6 Å². The van der Waals surface area contributed by atoms with Gasteiger partial charge in [-0.3, -0.25) is 0 Å². The molecule has 0 aromatic heterocycles. The first kappa shape index (κ1) is 12.3. The third-order valence-electron chi connectivity index (χ3n) is 2.74. The molecule has 0 spiro atoms. The summed E-state index contributed by atoms with van der Waals surface area (Å²) in [5, 5.41) is 0. The molecule has 84 valence electrons. The molecule has 1 aliphatic heterocycles. The summed E-state index contributed by atoms with van der Waals surface area (Å²) in [6, 6.07) is 0.401. The normalized spacial score (nSPS) is 21.9. The zero-order valence-corrected chi connectivity index (χ0v) is 10.2. The molecular formula is C11H24N2S. The van der Waals surface area contributed by atoms with Crippen molar-refractivity contribution in [2.75, 3.05) is 31.1 Å². The minimum Gasteiger partial charge on any atom is -0.327 e. The monoisotopic (exact) mass is 216 g/mol. The average Bonchev–Trinajstić information content (AvgIpc) is 2.43. The lowest BCUT2D eigenvalue weighted by molar-refractivity contribution is 0.270. The van der Waals surface area contributed by atoms with Crippen LogP contribution in [-0.2, 0) is 0 Å². The maximum atomic E-state index is 6.09. The van der Waals surface area contributed by atoms with Crippen LogP contribution < -0.4 is 5.73 Å². The molecule has 0 amide bonds. The van der Waals surface area contributed by atoms with Gasteiger partial charge in [0.2, 0.25) is 0 Å². The Bertz CT molecular complexity index is 133. The smallest absolute Gasteiger partial charge is 0.0167 e. The molecule has 0 aromatic carbocycles. The number of nitrogens with zero attached hydrogens (tertiary/aromatic N) is 1. The highest BCUT2D eigenvalue weighted by molar-refractivity contribution is 7.99. The number of unbranched alkanes of at least 4 members (excludes halogenated alkanes) is 1. The molecule has 1 atom stereocenters. The fraction of sp³-hybridized carbons (Fsp3) is 1.00. The second-order valence-electron chi connectivity index (χ2n) is 4.17. The van der Waals surface area contributed by atoms with Crippen LogP contribution in [-0.4, -0.2) is 42.1 Å². The fourth-order valence-corrected chi connectivity index (χ4v) is 2.79. The van der Waals surface area contributed by atoms with E-state index in [0.717, 1.165) is 6.54 Å². The van der Waals surface area contributed by atoms with Crippen LogP contribution in [0.3, 0.4) is 0 Å². The summed E-state index contributed by atoms with van der Waals surface area (Å²) in [6.45, 7) is 5.84. The minimum atomic E-state index is 0.401. The Hall–Kier alpha value is 0.270. The number of hydrogen-bond donors (Lipinski definition) is 1. The summed E-state index contributed by atoms with van der Waals surface area (Å²) in [5.74, 6) is 2.63. The van der Waals surface area contributed by atoms with Crippen molar-refractivity contribution in [3.8, 4) is 0 Å². The first-order valence-electron chi connectivity index (χ1n) is 5.88. The highest BCUT2D eigenvalue weighted by Crippen LogP contribution is 2.10. The number of thioether (sulfide) groups is 1. The van der Waals surface area contributed by atoms with Crippen LogP contribution in [0.1, 0.15) is 32.6 Å². The van der Waals surface area contributed by atoms with Crippen molar-refractivity contribution in [1.29, 1.82) is 0 Å². The quantitative estimate of drug-likeness (QED) is 0.761. The van der Waals surface area contributed by atoms with Crippen LogP contribution in [0, 0.1) is 0 Å². The van der Waals surface area contributed by atoms with E-state index < -0.39 is 0 Å². The van der Waals surface area contributed by atoms with Gasteiger partial charge in [-0.25, -0.2) is 0 Å². The van der Waals surface area contributed by atoms with Crippen molar-refractivity contribution < 1.29 is 0 Å². The van der Waals surface area contributed by atoms with E-state index in [-0.39, 0.29) is 0 Å². The summed E-state index contributed by atoms with van der Waals surface area (Å²) < 4.78 is 0. The van der Waals surface area contributed by atoms with E-state index >= 15 is 0 Å². The van der Waals surface area contributed by atoms with Crippen LogP contribution in [0.5, 0.6) is 0 Å². The molecular weight excluding hydrogens is 192 g/mol. The predicted octanol–water partition coefficient (Wildman–Crippen LogP) is 1.94. The number of rotatable bonds is 5. The molecule has 1 fully saturated rings. The Morgan fingerprint density at radius 1 is 1.36 bits per heavy atom. The van der Waals surface area contributed by atoms with Gasteiger partial charge in [-0.15, -0.1) is 0 Å². The van der Waals surface area contributed by atoms with E-state index in [4.69, 9.17) is 5.73 Å². The van der Waals surface area contributed by atoms with Crippen molar-refractivity contribution in [1.82, 2.24) is 4.90 Å². The Morgan fingerprint density at radius 2 is 2.21 bits per heavy atom. The Labute approximate surface area is 92.6 Å². The van der Waals surface area contributed by atoms with Crippen molar-refractivity contribution >= 4 is 11.8 Å². The molecule has 3 heteroatoms. The van der Waals surface area contributed by atoms with Crippen LogP contribution >= 0.6 is 11.8 Å². The topological polar surface area (TPSA) is 29.3 Å². The first-order valence-corrected chi connectivity index (χ1v) is 7.04. The van der Waals surface area contributed by atoms with Gasteiger partial charge in [-0.2, -0.15) is 11.8 Å². The molecule has 1 aliphatic rings. The number of nitrogens with two attached hydrogens (primary N) is 1. The van der Waals surface area contributed by atoms with Gasteiger partial charge in [-0.05, 0) is 25.1 Å². The van der Waals surface area contributed by atoms with Crippen molar-refractivity contribution in [3.63, 3.8) is 0 Å². The van der Waals surface area contributed by atoms with Crippen LogP contribution in [0.25, 0.3) is 0 Å². The van der Waals surface area contributed by atoms with Gasteiger partial charge in [0, 0.05) is 24.9 Å². The summed E-state index contributed by atoms with van der Waals surface area (Å²) in [6.07, 6.45) is 5.08. The van der Waals surface area contributed by atoms with E-state index in [1.165, 1.54) is 50.3 Å². The van der Waals surface area contributed by atoms with E-state index in [0.29, 0.717) is 6.04 Å². The summed E-state index contributed by atoms with van der Waals surface area (Å²) in [7, 11) is 0. The van der Waals surface area contributed by atoms with Crippen LogP contribution in [0.2, 0.25) is 0 Å². The predicted molar refractivity (Wildman–Crippen MR) is 65.9 cm³/mol. The summed E-state index contributed by atoms with van der Waals surface area (Å²) in [4.78, 5) is 2.54. The van der Waals surface area contributed by atoms with Gasteiger partial charge in [0.1, 0.15) is 0 Å². The lowest BCUT2D eigenvalue weighted by atomic mass is 10.1. The van der Waals surface area contributed by atoms with Crippen LogP contribution in [0.4, 0.5) is 0 Å². The molecule has 2 nitrogen and oxygen atoms in total. The van der Waals surface area contributed by atoms with Gasteiger partial charge >= 0.3 is 0 Å². The number of hydrogen-bond acceptors (Lipinski definition) is 3. The molecule has 1 unspecified atom stereocenters. The van der Waals surface area contributed by atoms with E-state index in [9.17, 15) is 0 Å². The molecule has 1 rings (SSSR count). The highest BCUT2D eigenvalue weighted by atomic mass is 32.2. The SMILES string of the molecule is CCCCC(N)CN1CCCSCC1. The molecule has 2 N–H and O–H groups in total. The highest BCUT2D eigenvalue weighted by Gasteiger charge is 2.12. The van der Waals surface area contributed by atoms with Crippen LogP contribution in [0.15, 0.2) is 0 Å². The zero-order chi connectivity index (χ0) is 10.2. The van der Waals surface area contributed by atoms with Gasteiger partial charge in [0.05, 0.1) is 0 Å². The molecule has 0 saturated carbocycles. The average molecular weight is 216 g/mol. The molecule has 1 heterocycles. The lowest BCUT2D eigenvalue weighted by Gasteiger charge is -2.23. The third-order valence-corrected chi connectivity index (χ3v) is 3.78. The van der Waals surface area contributed by atoms with Crippen molar-refractivity contribution in [2.45, 2.75) is 38.6 Å². The minimum absolute atomic E-state index is 0.401. The Kier molecular flexibility index (Phi) is 6.65. The second-order valence-corrected chi connectivity index (χ2v) is 5.39. The molecule has 0 radical (unpaired) electrons. The molecule has 0 aromatic rings. The van der Waals surface area contributed by atoms with Gasteiger partial charge in [0.25, 0.3) is 0 Å². The first-order chi connectivity index (χ1) is 6.83. The Balaban J connectivity index is 2.13. The second kappa shape index (κ2) is 7.55. The standard InChI is InChI=1S/C11H24N2S/c1-2-3-5-11(12)10-13-6-4-8-14-9-7-13/h11H,2-10,12H2,1H3. The fourth-order valence-electron chi connectivity index (χ4n) is 1.87. The van der Waals surface area contributed by atoms with Crippen molar-refractivity contribution in [2.24, 2.45) is 5.73 Å². The molecule has 0 bridgehead atoms. The molecule has 14 heavy (non-hydrogen) atoms. The molecule has 0 aliphatic carbocycles. The largest absolute Gasteiger partial charge is 0.327 e.